The first-order valence-corrected chi connectivity index (χ1v) is 9.46. The van der Waals surface area contributed by atoms with Gasteiger partial charge in [-0.05, 0) is 55.2 Å². The predicted octanol–water partition coefficient (Wildman–Crippen LogP) is 4.73. The molecule has 0 atom stereocenters. The number of nitrogens with one attached hydrogen (secondary N) is 1. The molecule has 2 aromatic carbocycles. The Morgan fingerprint density at radius 3 is 2.37 bits per heavy atom. The molecule has 2 amide bonds. The lowest BCUT2D eigenvalue weighted by atomic mass is 9.89. The van der Waals surface area contributed by atoms with E-state index in [-0.39, 0.29) is 11.5 Å². The Hall–Kier alpha value is -2.69. The molecule has 1 aliphatic carbocycles. The van der Waals surface area contributed by atoms with E-state index in [1.807, 2.05) is 7.05 Å². The van der Waals surface area contributed by atoms with E-state index in [0.29, 0.717) is 17.2 Å². The maximum atomic E-state index is 13.7. The fourth-order valence-corrected chi connectivity index (χ4v) is 3.60. The Morgan fingerprint density at radius 2 is 1.70 bits per heavy atom. The number of rotatable bonds is 5. The third-order valence-corrected chi connectivity index (χ3v) is 5.11. The van der Waals surface area contributed by atoms with Crippen LogP contribution in [0.1, 0.15) is 52.8 Å². The van der Waals surface area contributed by atoms with Crippen LogP contribution >= 0.6 is 0 Å². The molecule has 0 unspecified atom stereocenters. The predicted molar refractivity (Wildman–Crippen MR) is 104 cm³/mol. The Bertz CT molecular complexity index is 798. The van der Waals surface area contributed by atoms with Crippen molar-refractivity contribution in [2.24, 2.45) is 5.92 Å². The summed E-state index contributed by atoms with van der Waals surface area (Å²) in [6.45, 7) is 0.782. The van der Waals surface area contributed by atoms with E-state index in [9.17, 15) is 14.0 Å². The van der Waals surface area contributed by atoms with Crippen molar-refractivity contribution >= 4 is 17.5 Å². The molecule has 1 N–H and O–H groups in total. The third-order valence-electron chi connectivity index (χ3n) is 5.11. The lowest BCUT2D eigenvalue weighted by Crippen LogP contribution is -2.32. The highest BCUT2D eigenvalue weighted by atomic mass is 19.1. The molecule has 0 saturated heterocycles. The fourth-order valence-electron chi connectivity index (χ4n) is 3.60. The summed E-state index contributed by atoms with van der Waals surface area (Å²) in [6.07, 6.45) is 6.19. The molecule has 1 saturated carbocycles. The molecular weight excluding hydrogens is 343 g/mol. The maximum Gasteiger partial charge on any atom is 0.258 e. The molecule has 1 fully saturated rings. The summed E-state index contributed by atoms with van der Waals surface area (Å²) >= 11 is 0. The van der Waals surface area contributed by atoms with Crippen molar-refractivity contribution < 1.29 is 14.0 Å². The lowest BCUT2D eigenvalue weighted by molar-refractivity contribution is 0.0760. The molecule has 2 aromatic rings. The second-order valence-corrected chi connectivity index (χ2v) is 7.20. The summed E-state index contributed by atoms with van der Waals surface area (Å²) in [4.78, 5) is 26.5. The van der Waals surface area contributed by atoms with Crippen LogP contribution in [0, 0.1) is 11.7 Å². The Balaban J connectivity index is 1.60. The van der Waals surface area contributed by atoms with Crippen LogP contribution < -0.4 is 5.32 Å². The summed E-state index contributed by atoms with van der Waals surface area (Å²) in [5.74, 6) is -0.507. The van der Waals surface area contributed by atoms with E-state index >= 15 is 0 Å². The molecule has 0 aromatic heterocycles. The second-order valence-electron chi connectivity index (χ2n) is 7.20. The van der Waals surface area contributed by atoms with Gasteiger partial charge in [-0.1, -0.05) is 31.4 Å². The van der Waals surface area contributed by atoms with Gasteiger partial charge in [0.05, 0.1) is 5.56 Å². The number of amides is 2. The van der Waals surface area contributed by atoms with Gasteiger partial charge in [0.25, 0.3) is 11.8 Å². The van der Waals surface area contributed by atoms with Crippen LogP contribution in [0.15, 0.2) is 48.5 Å². The Labute approximate surface area is 159 Å². The van der Waals surface area contributed by atoms with Crippen molar-refractivity contribution in [1.82, 2.24) is 4.90 Å². The van der Waals surface area contributed by atoms with Crippen LogP contribution in [0.25, 0.3) is 0 Å². The van der Waals surface area contributed by atoms with Crippen molar-refractivity contribution in [1.29, 1.82) is 0 Å². The molecular formula is C22H25FN2O2. The van der Waals surface area contributed by atoms with Crippen LogP contribution in [-0.2, 0) is 0 Å². The van der Waals surface area contributed by atoms with E-state index < -0.39 is 11.7 Å². The van der Waals surface area contributed by atoms with Gasteiger partial charge < -0.3 is 10.2 Å². The average Bonchev–Trinajstić information content (AvgIpc) is 2.69. The van der Waals surface area contributed by atoms with E-state index in [1.165, 1.54) is 50.3 Å². The van der Waals surface area contributed by atoms with Gasteiger partial charge in [-0.25, -0.2) is 4.39 Å². The lowest BCUT2D eigenvalue weighted by Gasteiger charge is -2.27. The minimum absolute atomic E-state index is 0.00938. The van der Waals surface area contributed by atoms with Crippen LogP contribution in [-0.4, -0.2) is 30.3 Å². The van der Waals surface area contributed by atoms with E-state index in [4.69, 9.17) is 0 Å². The SMILES string of the molecule is CN(CC1CCCCC1)C(=O)c1ccc(NC(=O)c2ccccc2F)cc1. The van der Waals surface area contributed by atoms with Crippen LogP contribution in [0.2, 0.25) is 0 Å². The molecule has 4 nitrogen and oxygen atoms in total. The van der Waals surface area contributed by atoms with E-state index in [2.05, 4.69) is 5.32 Å². The number of nitrogens with zero attached hydrogens (tertiary/aromatic N) is 1. The molecule has 0 heterocycles. The minimum atomic E-state index is -0.564. The summed E-state index contributed by atoms with van der Waals surface area (Å²) in [5, 5.41) is 2.66. The largest absolute Gasteiger partial charge is 0.341 e. The number of anilines is 1. The van der Waals surface area contributed by atoms with Crippen molar-refractivity contribution in [2.75, 3.05) is 18.9 Å². The topological polar surface area (TPSA) is 49.4 Å². The Kier molecular flexibility index (Phi) is 6.22. The Morgan fingerprint density at radius 1 is 1.04 bits per heavy atom. The molecule has 0 aliphatic heterocycles. The molecule has 0 radical (unpaired) electrons. The van der Waals surface area contributed by atoms with Gasteiger partial charge in [0.1, 0.15) is 5.82 Å². The summed E-state index contributed by atoms with van der Waals surface area (Å²) in [6, 6.07) is 12.5. The quantitative estimate of drug-likeness (QED) is 0.829. The van der Waals surface area contributed by atoms with Crippen LogP contribution in [0.3, 0.4) is 0 Å². The molecule has 3 rings (SSSR count). The number of benzene rings is 2. The number of halogens is 1. The highest BCUT2D eigenvalue weighted by Gasteiger charge is 2.19. The van der Waals surface area contributed by atoms with Crippen LogP contribution in [0.4, 0.5) is 10.1 Å². The molecule has 1 aliphatic rings. The molecule has 27 heavy (non-hydrogen) atoms. The van der Waals surface area contributed by atoms with E-state index in [1.54, 1.807) is 35.2 Å². The highest BCUT2D eigenvalue weighted by molar-refractivity contribution is 6.04. The first kappa shape index (κ1) is 19.1. The van der Waals surface area contributed by atoms with Gasteiger partial charge in [-0.15, -0.1) is 0 Å². The van der Waals surface area contributed by atoms with E-state index in [0.717, 1.165) is 6.54 Å². The normalized spacial score (nSPS) is 14.6. The smallest absolute Gasteiger partial charge is 0.258 e. The standard InChI is InChI=1S/C22H25FN2O2/c1-25(15-16-7-3-2-4-8-16)22(27)17-11-13-18(14-12-17)24-21(26)19-9-5-6-10-20(19)23/h5-6,9-14,16H,2-4,7-8,15H2,1H3,(H,24,26). The summed E-state index contributed by atoms with van der Waals surface area (Å²) in [7, 11) is 1.84. The number of hydrogen-bond donors (Lipinski definition) is 1. The third kappa shape index (κ3) is 4.94. The van der Waals surface area contributed by atoms with Crippen molar-refractivity contribution in [3.63, 3.8) is 0 Å². The first-order valence-electron chi connectivity index (χ1n) is 9.46. The van der Waals surface area contributed by atoms with Gasteiger partial charge in [0, 0.05) is 24.8 Å². The van der Waals surface area contributed by atoms with Crippen LogP contribution in [0.5, 0.6) is 0 Å². The zero-order chi connectivity index (χ0) is 19.2. The number of carbonyl (C=O) groups is 2. The highest BCUT2D eigenvalue weighted by Crippen LogP contribution is 2.24. The maximum absolute atomic E-state index is 13.7. The summed E-state index contributed by atoms with van der Waals surface area (Å²) in [5.41, 5.74) is 1.09. The van der Waals surface area contributed by atoms with Crippen molar-refractivity contribution in [2.45, 2.75) is 32.1 Å². The minimum Gasteiger partial charge on any atom is -0.341 e. The van der Waals surface area contributed by atoms with Crippen molar-refractivity contribution in [3.05, 3.63) is 65.5 Å². The number of hydrogen-bond acceptors (Lipinski definition) is 2. The van der Waals surface area contributed by atoms with Gasteiger partial charge in [-0.2, -0.15) is 0 Å². The zero-order valence-corrected chi connectivity index (χ0v) is 15.6. The zero-order valence-electron chi connectivity index (χ0n) is 15.6. The van der Waals surface area contributed by atoms with Gasteiger partial charge in [-0.3, -0.25) is 9.59 Å². The first-order chi connectivity index (χ1) is 13.0. The fraction of sp³-hybridized carbons (Fsp3) is 0.364. The monoisotopic (exact) mass is 368 g/mol. The summed E-state index contributed by atoms with van der Waals surface area (Å²) < 4.78 is 13.7. The van der Waals surface area contributed by atoms with Gasteiger partial charge in [0.15, 0.2) is 0 Å². The molecule has 0 bridgehead atoms. The number of carbonyl (C=O) groups excluding carboxylic acids is 2. The van der Waals surface area contributed by atoms with Crippen molar-refractivity contribution in [3.8, 4) is 0 Å². The molecule has 0 spiro atoms. The average molecular weight is 368 g/mol. The van der Waals surface area contributed by atoms with Gasteiger partial charge >= 0.3 is 0 Å². The molecule has 5 heteroatoms. The molecule has 142 valence electrons. The second kappa shape index (κ2) is 8.80. The van der Waals surface area contributed by atoms with Gasteiger partial charge in [0.2, 0.25) is 0 Å².